The van der Waals surface area contributed by atoms with Crippen molar-refractivity contribution in [3.63, 3.8) is 0 Å². The highest BCUT2D eigenvalue weighted by atomic mass is 32.2. The number of hydrogen-bond donors (Lipinski definition) is 1. The van der Waals surface area contributed by atoms with Crippen LogP contribution in [0.4, 0.5) is 18.9 Å². The first-order chi connectivity index (χ1) is 8.59. The minimum absolute atomic E-state index is 0.198. The van der Waals surface area contributed by atoms with E-state index in [1.807, 2.05) is 0 Å². The predicted octanol–water partition coefficient (Wildman–Crippen LogP) is 3.19. The summed E-state index contributed by atoms with van der Waals surface area (Å²) in [7, 11) is 0. The highest BCUT2D eigenvalue weighted by Crippen LogP contribution is 2.25. The van der Waals surface area contributed by atoms with Crippen LogP contribution < -0.4 is 5.32 Å². The largest absolute Gasteiger partial charge is 0.323 e. The second kappa shape index (κ2) is 5.65. The van der Waals surface area contributed by atoms with Crippen molar-refractivity contribution in [2.24, 2.45) is 5.92 Å². The number of carbonyl (C=O) groups is 1. The number of carbonyl (C=O) groups excluding carboxylic acids is 1. The molecule has 1 heterocycles. The van der Waals surface area contributed by atoms with Crippen molar-refractivity contribution in [3.05, 3.63) is 29.6 Å². The Morgan fingerprint density at radius 1 is 1.28 bits per heavy atom. The zero-order valence-electron chi connectivity index (χ0n) is 9.51. The molecule has 1 unspecified atom stereocenters. The van der Waals surface area contributed by atoms with E-state index in [0.717, 1.165) is 30.7 Å². The molecule has 1 amide bonds. The zero-order chi connectivity index (χ0) is 13.1. The lowest BCUT2D eigenvalue weighted by molar-refractivity contribution is -0.119. The van der Waals surface area contributed by atoms with Crippen molar-refractivity contribution < 1.29 is 18.0 Å². The lowest BCUT2D eigenvalue weighted by Gasteiger charge is -2.20. The third-order valence-corrected chi connectivity index (χ3v) is 4.04. The molecule has 0 spiro atoms. The molecule has 1 atom stereocenters. The summed E-state index contributed by atoms with van der Waals surface area (Å²) in [6.45, 7) is 0. The molecule has 0 bridgehead atoms. The standard InChI is InChI=1S/C12H12F3NOS/c13-8-3-4-9(11(15)10(8)14)16-12(17)7-2-1-5-18-6-7/h3-4,7H,1-2,5-6H2,(H,16,17). The van der Waals surface area contributed by atoms with Gasteiger partial charge in [-0.1, -0.05) is 0 Å². The van der Waals surface area contributed by atoms with Gasteiger partial charge in [0.1, 0.15) is 0 Å². The monoisotopic (exact) mass is 275 g/mol. The lowest BCUT2D eigenvalue weighted by atomic mass is 10.0. The molecule has 6 heteroatoms. The van der Waals surface area contributed by atoms with Crippen molar-refractivity contribution in [1.29, 1.82) is 0 Å². The van der Waals surface area contributed by atoms with E-state index in [2.05, 4.69) is 5.32 Å². The number of hydrogen-bond acceptors (Lipinski definition) is 2. The van der Waals surface area contributed by atoms with E-state index < -0.39 is 17.5 Å². The van der Waals surface area contributed by atoms with Gasteiger partial charge in [0.05, 0.1) is 5.69 Å². The molecule has 1 aromatic carbocycles. The molecule has 0 saturated carbocycles. The van der Waals surface area contributed by atoms with E-state index in [1.54, 1.807) is 11.8 Å². The number of benzene rings is 1. The first-order valence-corrected chi connectivity index (χ1v) is 6.77. The van der Waals surface area contributed by atoms with E-state index >= 15 is 0 Å². The van der Waals surface area contributed by atoms with Crippen molar-refractivity contribution in [2.75, 3.05) is 16.8 Å². The molecule has 1 fully saturated rings. The van der Waals surface area contributed by atoms with Gasteiger partial charge in [-0.3, -0.25) is 4.79 Å². The van der Waals surface area contributed by atoms with E-state index in [-0.39, 0.29) is 17.5 Å². The Kier molecular flexibility index (Phi) is 4.16. The van der Waals surface area contributed by atoms with Crippen LogP contribution in [0, 0.1) is 23.4 Å². The van der Waals surface area contributed by atoms with Crippen LogP contribution in [-0.4, -0.2) is 17.4 Å². The third kappa shape index (κ3) is 2.80. The summed E-state index contributed by atoms with van der Waals surface area (Å²) in [5, 5.41) is 2.31. The highest BCUT2D eigenvalue weighted by molar-refractivity contribution is 7.99. The quantitative estimate of drug-likeness (QED) is 0.840. The second-order valence-corrected chi connectivity index (χ2v) is 5.28. The first kappa shape index (κ1) is 13.3. The summed E-state index contributed by atoms with van der Waals surface area (Å²) in [4.78, 5) is 11.8. The van der Waals surface area contributed by atoms with E-state index in [1.165, 1.54) is 0 Å². The van der Waals surface area contributed by atoms with Gasteiger partial charge in [0, 0.05) is 11.7 Å². The summed E-state index contributed by atoms with van der Waals surface area (Å²) in [6, 6.07) is 1.82. The average Bonchev–Trinajstić information content (AvgIpc) is 2.40. The minimum atomic E-state index is -1.56. The maximum absolute atomic E-state index is 13.4. The van der Waals surface area contributed by atoms with Crippen LogP contribution in [-0.2, 0) is 4.79 Å². The van der Waals surface area contributed by atoms with E-state index in [9.17, 15) is 18.0 Å². The summed E-state index contributed by atoms with van der Waals surface area (Å²) < 4.78 is 39.1. The van der Waals surface area contributed by atoms with Gasteiger partial charge >= 0.3 is 0 Å². The summed E-state index contributed by atoms with van der Waals surface area (Å²) in [5.74, 6) is -3.03. The van der Waals surface area contributed by atoms with Crippen LogP contribution in [0.15, 0.2) is 12.1 Å². The first-order valence-electron chi connectivity index (χ1n) is 5.61. The fourth-order valence-electron chi connectivity index (χ4n) is 1.80. The van der Waals surface area contributed by atoms with Gasteiger partial charge < -0.3 is 5.32 Å². The average molecular weight is 275 g/mol. The van der Waals surface area contributed by atoms with Crippen LogP contribution in [0.5, 0.6) is 0 Å². The number of rotatable bonds is 2. The molecule has 1 N–H and O–H groups in total. The summed E-state index contributed by atoms with van der Waals surface area (Å²) in [5.41, 5.74) is -0.311. The number of thioether (sulfide) groups is 1. The Morgan fingerprint density at radius 2 is 2.06 bits per heavy atom. The second-order valence-electron chi connectivity index (χ2n) is 4.13. The van der Waals surface area contributed by atoms with Crippen LogP contribution in [0.1, 0.15) is 12.8 Å². The highest BCUT2D eigenvalue weighted by Gasteiger charge is 2.23. The Balaban J connectivity index is 2.09. The lowest BCUT2D eigenvalue weighted by Crippen LogP contribution is -2.27. The molecular weight excluding hydrogens is 263 g/mol. The molecule has 98 valence electrons. The molecule has 0 aromatic heterocycles. The van der Waals surface area contributed by atoms with E-state index in [0.29, 0.717) is 5.75 Å². The molecule has 0 aliphatic carbocycles. The molecule has 2 nitrogen and oxygen atoms in total. The Labute approximate surface area is 107 Å². The topological polar surface area (TPSA) is 29.1 Å². The van der Waals surface area contributed by atoms with Crippen LogP contribution >= 0.6 is 11.8 Å². The van der Waals surface area contributed by atoms with Crippen molar-refractivity contribution >= 4 is 23.4 Å². The molecule has 0 radical (unpaired) electrons. The smallest absolute Gasteiger partial charge is 0.228 e. The molecule has 1 aliphatic rings. The number of nitrogens with one attached hydrogen (secondary N) is 1. The van der Waals surface area contributed by atoms with Gasteiger partial charge in [-0.25, -0.2) is 13.2 Å². The number of halogens is 3. The fourth-order valence-corrected chi connectivity index (χ4v) is 2.94. The number of amides is 1. The van der Waals surface area contributed by atoms with Gasteiger partial charge in [-0.05, 0) is 30.7 Å². The Hall–Kier alpha value is -1.17. The summed E-state index contributed by atoms with van der Waals surface area (Å²) in [6.07, 6.45) is 1.67. The Bertz CT molecular complexity index is 461. The normalized spacial score (nSPS) is 19.6. The number of anilines is 1. The molecular formula is C12H12F3NOS. The SMILES string of the molecule is O=C(Nc1ccc(F)c(F)c1F)C1CCCSC1. The van der Waals surface area contributed by atoms with Crippen LogP contribution in [0.2, 0.25) is 0 Å². The molecule has 1 aromatic rings. The zero-order valence-corrected chi connectivity index (χ0v) is 10.3. The summed E-state index contributed by atoms with van der Waals surface area (Å²) >= 11 is 1.66. The Morgan fingerprint density at radius 3 is 2.72 bits per heavy atom. The third-order valence-electron chi connectivity index (χ3n) is 2.82. The molecule has 18 heavy (non-hydrogen) atoms. The van der Waals surface area contributed by atoms with Gasteiger partial charge in [0.15, 0.2) is 17.5 Å². The molecule has 2 rings (SSSR count). The van der Waals surface area contributed by atoms with Crippen molar-refractivity contribution in [3.8, 4) is 0 Å². The van der Waals surface area contributed by atoms with Crippen LogP contribution in [0.25, 0.3) is 0 Å². The van der Waals surface area contributed by atoms with Gasteiger partial charge in [0.2, 0.25) is 5.91 Å². The van der Waals surface area contributed by atoms with Gasteiger partial charge in [0.25, 0.3) is 0 Å². The molecule has 1 aliphatic heterocycles. The maximum atomic E-state index is 13.4. The van der Waals surface area contributed by atoms with Crippen molar-refractivity contribution in [2.45, 2.75) is 12.8 Å². The van der Waals surface area contributed by atoms with Crippen molar-refractivity contribution in [1.82, 2.24) is 0 Å². The maximum Gasteiger partial charge on any atom is 0.228 e. The predicted molar refractivity (Wildman–Crippen MR) is 65.0 cm³/mol. The fraction of sp³-hybridized carbons (Fsp3) is 0.417. The van der Waals surface area contributed by atoms with Crippen LogP contribution in [0.3, 0.4) is 0 Å². The minimum Gasteiger partial charge on any atom is -0.323 e. The van der Waals surface area contributed by atoms with Gasteiger partial charge in [-0.15, -0.1) is 0 Å². The van der Waals surface area contributed by atoms with Gasteiger partial charge in [-0.2, -0.15) is 11.8 Å². The van der Waals surface area contributed by atoms with E-state index in [4.69, 9.17) is 0 Å². The molecule has 1 saturated heterocycles.